The van der Waals surface area contributed by atoms with Crippen molar-refractivity contribution in [1.29, 1.82) is 0 Å². The van der Waals surface area contributed by atoms with E-state index in [-0.39, 0.29) is 5.92 Å². The molecule has 0 bridgehead atoms. The van der Waals surface area contributed by atoms with Gasteiger partial charge in [0.1, 0.15) is 4.90 Å². The molecule has 0 radical (unpaired) electrons. The molecular weight excluding hydrogens is 250 g/mol. The van der Waals surface area contributed by atoms with Crippen LogP contribution in [0.15, 0.2) is 11.1 Å². The molecule has 18 heavy (non-hydrogen) atoms. The lowest BCUT2D eigenvalue weighted by atomic mass is 9.95. The van der Waals surface area contributed by atoms with Gasteiger partial charge in [-0.25, -0.2) is 8.42 Å². The molecule has 6 heteroatoms. The van der Waals surface area contributed by atoms with Gasteiger partial charge in [-0.15, -0.1) is 0 Å². The Morgan fingerprint density at radius 1 is 1.44 bits per heavy atom. The first kappa shape index (κ1) is 15.2. The molecule has 1 aromatic heterocycles. The van der Waals surface area contributed by atoms with Crippen molar-refractivity contribution < 1.29 is 8.42 Å². The number of nitrogens with one attached hydrogen (secondary N) is 1. The standard InChI is InChI=1S/C10H17N3O2S.C2H6/c1-13-5-3-4-8(7-13)10-9(6-11-12-10)16(2,14)15;1-2/h6,8H,3-5,7H2,1-2H3,(H,11,12);1-2H3. The Hall–Kier alpha value is -0.880. The lowest BCUT2D eigenvalue weighted by Crippen LogP contribution is -2.31. The zero-order valence-corrected chi connectivity index (χ0v) is 12.4. The van der Waals surface area contributed by atoms with Crippen molar-refractivity contribution in [2.45, 2.75) is 37.5 Å². The third-order valence-electron chi connectivity index (χ3n) is 3.06. The second-order valence-electron chi connectivity index (χ2n) is 4.52. The highest BCUT2D eigenvalue weighted by molar-refractivity contribution is 7.90. The summed E-state index contributed by atoms with van der Waals surface area (Å²) >= 11 is 0. The van der Waals surface area contributed by atoms with E-state index in [1.165, 1.54) is 12.5 Å². The average molecular weight is 273 g/mol. The van der Waals surface area contributed by atoms with E-state index in [0.29, 0.717) is 4.90 Å². The van der Waals surface area contributed by atoms with Gasteiger partial charge in [-0.05, 0) is 26.4 Å². The van der Waals surface area contributed by atoms with E-state index < -0.39 is 9.84 Å². The highest BCUT2D eigenvalue weighted by Gasteiger charge is 2.26. The minimum absolute atomic E-state index is 0.256. The maximum atomic E-state index is 11.6. The summed E-state index contributed by atoms with van der Waals surface area (Å²) in [6, 6.07) is 0. The molecule has 1 atom stereocenters. The zero-order chi connectivity index (χ0) is 13.8. The van der Waals surface area contributed by atoms with Gasteiger partial charge < -0.3 is 4.90 Å². The van der Waals surface area contributed by atoms with Crippen LogP contribution in [0, 0.1) is 0 Å². The maximum absolute atomic E-state index is 11.6. The number of rotatable bonds is 2. The fourth-order valence-corrected chi connectivity index (χ4v) is 3.13. The number of H-pyrrole nitrogens is 1. The normalized spacial score (nSPS) is 21.2. The molecule has 1 aliphatic rings. The van der Waals surface area contributed by atoms with Crippen molar-refractivity contribution in [3.05, 3.63) is 11.9 Å². The van der Waals surface area contributed by atoms with Crippen LogP contribution < -0.4 is 0 Å². The molecule has 1 fully saturated rings. The Balaban J connectivity index is 0.000000771. The largest absolute Gasteiger partial charge is 0.306 e. The zero-order valence-electron chi connectivity index (χ0n) is 11.6. The predicted octanol–water partition coefficient (Wildman–Crippen LogP) is 1.65. The third-order valence-corrected chi connectivity index (χ3v) is 4.19. The van der Waals surface area contributed by atoms with Crippen LogP contribution in [0.1, 0.15) is 38.3 Å². The molecule has 1 N–H and O–H groups in total. The molecule has 0 aromatic carbocycles. The van der Waals surface area contributed by atoms with E-state index >= 15 is 0 Å². The van der Waals surface area contributed by atoms with Crippen molar-refractivity contribution in [1.82, 2.24) is 15.1 Å². The number of sulfone groups is 1. The summed E-state index contributed by atoms with van der Waals surface area (Å²) in [5.74, 6) is 0.256. The van der Waals surface area contributed by atoms with E-state index in [1.54, 1.807) is 0 Å². The molecule has 1 aliphatic heterocycles. The van der Waals surface area contributed by atoms with Crippen molar-refractivity contribution in [3.63, 3.8) is 0 Å². The third kappa shape index (κ3) is 3.55. The molecule has 1 aromatic rings. The monoisotopic (exact) mass is 273 g/mol. The van der Waals surface area contributed by atoms with Gasteiger partial charge in [0.2, 0.25) is 0 Å². The predicted molar refractivity (Wildman–Crippen MR) is 72.5 cm³/mol. The molecule has 104 valence electrons. The number of hydrogen-bond donors (Lipinski definition) is 1. The minimum Gasteiger partial charge on any atom is -0.306 e. The van der Waals surface area contributed by atoms with Gasteiger partial charge in [0, 0.05) is 18.7 Å². The Bertz CT molecular complexity index is 467. The van der Waals surface area contributed by atoms with Crippen LogP contribution in [0.25, 0.3) is 0 Å². The molecule has 0 spiro atoms. The molecule has 0 aliphatic carbocycles. The summed E-state index contributed by atoms with van der Waals surface area (Å²) in [6.07, 6.45) is 4.77. The number of aromatic amines is 1. The number of nitrogens with zero attached hydrogens (tertiary/aromatic N) is 2. The number of likely N-dealkylation sites (N-methyl/N-ethyl adjacent to an activating group) is 1. The Morgan fingerprint density at radius 3 is 2.67 bits per heavy atom. The molecule has 1 unspecified atom stereocenters. The van der Waals surface area contributed by atoms with Gasteiger partial charge in [0.05, 0.1) is 11.9 Å². The Morgan fingerprint density at radius 2 is 2.11 bits per heavy atom. The quantitative estimate of drug-likeness (QED) is 0.889. The van der Waals surface area contributed by atoms with E-state index in [1.807, 2.05) is 13.8 Å². The van der Waals surface area contributed by atoms with Gasteiger partial charge in [-0.1, -0.05) is 13.8 Å². The van der Waals surface area contributed by atoms with Gasteiger partial charge in [-0.2, -0.15) is 5.10 Å². The van der Waals surface area contributed by atoms with E-state index in [9.17, 15) is 8.42 Å². The molecular formula is C12H23N3O2S. The summed E-state index contributed by atoms with van der Waals surface area (Å²) in [6.45, 7) is 5.98. The fourth-order valence-electron chi connectivity index (χ4n) is 2.28. The Labute approximate surface area is 109 Å². The lowest BCUT2D eigenvalue weighted by Gasteiger charge is -2.29. The van der Waals surface area contributed by atoms with Gasteiger partial charge >= 0.3 is 0 Å². The minimum atomic E-state index is -3.17. The number of hydrogen-bond acceptors (Lipinski definition) is 4. The summed E-state index contributed by atoms with van der Waals surface area (Å²) < 4.78 is 23.1. The Kier molecular flexibility index (Phi) is 5.34. The number of likely N-dealkylation sites (tertiary alicyclic amines) is 1. The lowest BCUT2D eigenvalue weighted by molar-refractivity contribution is 0.247. The topological polar surface area (TPSA) is 66.1 Å². The SMILES string of the molecule is CC.CN1CCCC(c2[nH]ncc2S(C)(=O)=O)C1. The van der Waals surface area contributed by atoms with Crippen LogP contribution in [0.2, 0.25) is 0 Å². The summed E-state index contributed by atoms with van der Waals surface area (Å²) in [5, 5.41) is 6.71. The first-order chi connectivity index (χ1) is 8.48. The van der Waals surface area contributed by atoms with Crippen molar-refractivity contribution in [3.8, 4) is 0 Å². The smallest absolute Gasteiger partial charge is 0.178 e. The van der Waals surface area contributed by atoms with E-state index in [0.717, 1.165) is 31.6 Å². The van der Waals surface area contributed by atoms with Crippen molar-refractivity contribution >= 4 is 9.84 Å². The summed E-state index contributed by atoms with van der Waals surface area (Å²) in [5.41, 5.74) is 0.772. The van der Waals surface area contributed by atoms with Crippen LogP contribution >= 0.6 is 0 Å². The van der Waals surface area contributed by atoms with Gasteiger partial charge in [0.15, 0.2) is 9.84 Å². The second-order valence-corrected chi connectivity index (χ2v) is 6.51. The molecule has 5 nitrogen and oxygen atoms in total. The molecule has 1 saturated heterocycles. The number of aromatic nitrogens is 2. The van der Waals surface area contributed by atoms with E-state index in [4.69, 9.17) is 0 Å². The average Bonchev–Trinajstić information content (AvgIpc) is 2.80. The molecule has 0 amide bonds. The second kappa shape index (κ2) is 6.33. The van der Waals surface area contributed by atoms with Crippen LogP contribution in [-0.2, 0) is 9.84 Å². The van der Waals surface area contributed by atoms with Gasteiger partial charge in [-0.3, -0.25) is 5.10 Å². The van der Waals surface area contributed by atoms with Crippen LogP contribution in [0.4, 0.5) is 0 Å². The first-order valence-electron chi connectivity index (χ1n) is 6.40. The highest BCUT2D eigenvalue weighted by Crippen LogP contribution is 2.28. The number of piperidine rings is 1. The highest BCUT2D eigenvalue weighted by atomic mass is 32.2. The summed E-state index contributed by atoms with van der Waals surface area (Å²) in [4.78, 5) is 2.58. The maximum Gasteiger partial charge on any atom is 0.178 e. The fraction of sp³-hybridized carbons (Fsp3) is 0.750. The summed E-state index contributed by atoms with van der Waals surface area (Å²) in [7, 11) is -1.11. The molecule has 2 heterocycles. The van der Waals surface area contributed by atoms with Crippen LogP contribution in [0.5, 0.6) is 0 Å². The first-order valence-corrected chi connectivity index (χ1v) is 8.29. The molecule has 2 rings (SSSR count). The van der Waals surface area contributed by atoms with Crippen LogP contribution in [0.3, 0.4) is 0 Å². The molecule has 0 saturated carbocycles. The van der Waals surface area contributed by atoms with E-state index in [2.05, 4.69) is 22.1 Å². The van der Waals surface area contributed by atoms with Gasteiger partial charge in [0.25, 0.3) is 0 Å². The van der Waals surface area contributed by atoms with Crippen LogP contribution in [-0.4, -0.2) is 49.9 Å². The van der Waals surface area contributed by atoms with Crippen molar-refractivity contribution in [2.24, 2.45) is 0 Å². The van der Waals surface area contributed by atoms with Crippen molar-refractivity contribution in [2.75, 3.05) is 26.4 Å².